The Bertz CT molecular complexity index is 3150. The lowest BCUT2D eigenvalue weighted by atomic mass is 9.95. The number of nitrogens with zero attached hydrogens (tertiary/aromatic N) is 6. The maximum absolute atomic E-state index is 6.93. The summed E-state index contributed by atoms with van der Waals surface area (Å²) < 4.78 is 28.4. The summed E-state index contributed by atoms with van der Waals surface area (Å²) in [6.07, 6.45) is 6.42. The van der Waals surface area contributed by atoms with Crippen LogP contribution in [0.25, 0.3) is 50.0 Å². The molecule has 0 aliphatic carbocycles. The van der Waals surface area contributed by atoms with E-state index in [0.717, 1.165) is 55.2 Å². The van der Waals surface area contributed by atoms with Crippen molar-refractivity contribution in [1.82, 2.24) is 29.5 Å². The van der Waals surface area contributed by atoms with Gasteiger partial charge >= 0.3 is 0 Å². The second-order valence-corrected chi connectivity index (χ2v) is 17.2. The quantitative estimate of drug-likeness (QED) is 0.112. The Kier molecular flexibility index (Phi) is 11.6. The smallest absolute Gasteiger partial charge is 0.237 e. The Balaban J connectivity index is 1.08. The molecule has 4 heterocycles. The highest BCUT2D eigenvalue weighted by molar-refractivity contribution is 6.09. The molecule has 0 amide bonds. The zero-order valence-electron chi connectivity index (χ0n) is 38.1. The second kappa shape index (κ2) is 18.3. The molecule has 10 nitrogen and oxygen atoms in total. The molecule has 0 spiro atoms. The number of aromatic nitrogens is 6. The van der Waals surface area contributed by atoms with Crippen molar-refractivity contribution in [3.8, 4) is 74.5 Å². The Morgan fingerprint density at radius 3 is 1.28 bits per heavy atom. The first-order valence-corrected chi connectivity index (χ1v) is 22.4. The molecule has 6 aromatic carbocycles. The van der Waals surface area contributed by atoms with Gasteiger partial charge in [-0.3, -0.25) is 4.57 Å². The van der Waals surface area contributed by atoms with Gasteiger partial charge in [-0.1, -0.05) is 88.4 Å². The van der Waals surface area contributed by atoms with Crippen molar-refractivity contribution in [3.05, 3.63) is 193 Å². The van der Waals surface area contributed by atoms with E-state index in [2.05, 4.69) is 127 Å². The first-order chi connectivity index (χ1) is 32.6. The van der Waals surface area contributed by atoms with E-state index in [1.165, 1.54) is 23.8 Å². The van der Waals surface area contributed by atoms with Crippen LogP contribution < -0.4 is 18.9 Å². The lowest BCUT2D eigenvalue weighted by Gasteiger charge is -2.17. The van der Waals surface area contributed by atoms with Crippen LogP contribution in [-0.4, -0.2) is 29.5 Å². The van der Waals surface area contributed by atoms with Gasteiger partial charge in [0.2, 0.25) is 17.7 Å². The molecule has 0 unspecified atom stereocenters. The number of ether oxygens (including phenoxy) is 4. The molecule has 0 saturated heterocycles. The number of aryl methyl sites for hydroxylation is 2. The number of hydrogen-bond acceptors (Lipinski definition) is 9. The van der Waals surface area contributed by atoms with E-state index in [1.54, 1.807) is 12.4 Å². The summed E-state index contributed by atoms with van der Waals surface area (Å²) >= 11 is 0. The van der Waals surface area contributed by atoms with Crippen LogP contribution in [0.3, 0.4) is 0 Å². The highest BCUT2D eigenvalue weighted by atomic mass is 16.5. The minimum absolute atomic E-state index is 0.406. The lowest BCUT2D eigenvalue weighted by Crippen LogP contribution is -2.01. The van der Waals surface area contributed by atoms with E-state index in [-0.39, 0.29) is 0 Å². The van der Waals surface area contributed by atoms with Crippen LogP contribution in [-0.2, 0) is 0 Å². The van der Waals surface area contributed by atoms with Crippen LogP contribution in [0.2, 0.25) is 0 Å². The van der Waals surface area contributed by atoms with Gasteiger partial charge in [0.1, 0.15) is 47.2 Å². The molecule has 0 radical (unpaired) electrons. The fourth-order valence-corrected chi connectivity index (χ4v) is 8.51. The Labute approximate surface area is 389 Å². The van der Waals surface area contributed by atoms with E-state index in [0.29, 0.717) is 64.0 Å². The zero-order chi connectivity index (χ0) is 46.0. The van der Waals surface area contributed by atoms with E-state index < -0.39 is 0 Å². The van der Waals surface area contributed by atoms with Crippen LogP contribution >= 0.6 is 0 Å². The van der Waals surface area contributed by atoms with Gasteiger partial charge in [-0.2, -0.15) is 0 Å². The molecule has 10 rings (SSSR count). The van der Waals surface area contributed by atoms with Gasteiger partial charge in [-0.05, 0) is 108 Å². The monoisotopic (exact) mass is 880 g/mol. The molecule has 0 saturated carbocycles. The van der Waals surface area contributed by atoms with Crippen LogP contribution in [0, 0.1) is 13.8 Å². The average molecular weight is 881 g/mol. The van der Waals surface area contributed by atoms with E-state index >= 15 is 0 Å². The van der Waals surface area contributed by atoms with Crippen molar-refractivity contribution >= 4 is 21.8 Å². The molecule has 10 heteroatoms. The third-order valence-corrected chi connectivity index (χ3v) is 11.8. The summed E-state index contributed by atoms with van der Waals surface area (Å²) in [7, 11) is 0. The first-order valence-electron chi connectivity index (χ1n) is 22.4. The minimum Gasteiger partial charge on any atom is -0.456 e. The predicted octanol–water partition coefficient (Wildman–Crippen LogP) is 15.1. The molecule has 10 aromatic rings. The summed E-state index contributed by atoms with van der Waals surface area (Å²) in [6.45, 7) is 12.9. The van der Waals surface area contributed by atoms with Crippen LogP contribution in [0.1, 0.15) is 61.8 Å². The summed E-state index contributed by atoms with van der Waals surface area (Å²) in [5.74, 6) is 5.98. The van der Waals surface area contributed by atoms with Crippen molar-refractivity contribution in [2.24, 2.45) is 0 Å². The fraction of sp³-hybridized carbons (Fsp3) is 0.140. The normalized spacial score (nSPS) is 11.4. The van der Waals surface area contributed by atoms with Gasteiger partial charge in [-0.25, -0.2) is 24.9 Å². The topological polar surface area (TPSA) is 106 Å². The maximum Gasteiger partial charge on any atom is 0.237 e. The van der Waals surface area contributed by atoms with Crippen molar-refractivity contribution in [2.45, 2.75) is 53.4 Å². The van der Waals surface area contributed by atoms with Gasteiger partial charge in [0.05, 0.1) is 11.0 Å². The third kappa shape index (κ3) is 8.89. The predicted molar refractivity (Wildman–Crippen MR) is 264 cm³/mol. The summed E-state index contributed by atoms with van der Waals surface area (Å²) in [6, 6.07) is 48.6. The largest absolute Gasteiger partial charge is 0.456 e. The Morgan fingerprint density at radius 1 is 0.433 bits per heavy atom. The minimum atomic E-state index is 0.406. The number of pyridine rings is 2. The van der Waals surface area contributed by atoms with E-state index in [4.69, 9.17) is 18.9 Å². The van der Waals surface area contributed by atoms with Gasteiger partial charge in [-0.15, -0.1) is 0 Å². The molecule has 0 aliphatic heterocycles. The highest BCUT2D eigenvalue weighted by Crippen LogP contribution is 2.44. The van der Waals surface area contributed by atoms with E-state index in [1.807, 2.05) is 89.5 Å². The third-order valence-electron chi connectivity index (χ3n) is 11.8. The molecule has 4 aromatic heterocycles. The number of benzene rings is 6. The molecule has 0 bridgehead atoms. The molecular formula is C57H48N6O4. The number of rotatable bonds is 13. The first kappa shape index (κ1) is 42.6. The molecule has 0 aliphatic rings. The maximum atomic E-state index is 6.93. The van der Waals surface area contributed by atoms with Crippen LogP contribution in [0.4, 0.5) is 0 Å². The Hall–Kier alpha value is -8.37. The molecule has 0 N–H and O–H groups in total. The summed E-state index contributed by atoms with van der Waals surface area (Å²) in [5, 5.41) is 1.96. The highest BCUT2D eigenvalue weighted by Gasteiger charge is 2.21. The standard InChI is InChI=1S/C57H48N6O4/c1-35(2)39-13-17-41(18-14-39)55-37(5)27-45(66-53-11-7-9-25-59-53)31-51(55)64-43-21-23-47-48-24-22-44(30-50(48)63(49(47)29-43)57-61-33-58-34-62-57)65-52-32-46(67-54-12-8-10-26-60-54)28-38(6)56(52)42-19-15-40(16-20-42)36(3)4/h7-36H,1-6H3. The van der Waals surface area contributed by atoms with Crippen molar-refractivity contribution in [1.29, 1.82) is 0 Å². The van der Waals surface area contributed by atoms with Gasteiger partial charge in [0, 0.05) is 70.7 Å². The van der Waals surface area contributed by atoms with Gasteiger partial charge < -0.3 is 18.9 Å². The van der Waals surface area contributed by atoms with Crippen molar-refractivity contribution in [2.75, 3.05) is 0 Å². The average Bonchev–Trinajstić information content (AvgIpc) is 3.65. The zero-order valence-corrected chi connectivity index (χ0v) is 38.1. The number of fused-ring (bicyclic) bond motifs is 3. The van der Waals surface area contributed by atoms with Crippen molar-refractivity contribution < 1.29 is 18.9 Å². The Morgan fingerprint density at radius 2 is 0.881 bits per heavy atom. The number of hydrogen-bond donors (Lipinski definition) is 0. The lowest BCUT2D eigenvalue weighted by molar-refractivity contribution is 0.449. The van der Waals surface area contributed by atoms with Crippen LogP contribution in [0.15, 0.2) is 171 Å². The van der Waals surface area contributed by atoms with Gasteiger partial charge in [0.15, 0.2) is 0 Å². The van der Waals surface area contributed by atoms with Crippen LogP contribution in [0.5, 0.6) is 46.3 Å². The molecule has 0 fully saturated rings. The second-order valence-electron chi connectivity index (χ2n) is 17.2. The molecule has 0 atom stereocenters. The summed E-state index contributed by atoms with van der Waals surface area (Å²) in [4.78, 5) is 22.2. The molecular weight excluding hydrogens is 833 g/mol. The fourth-order valence-electron chi connectivity index (χ4n) is 8.51. The SMILES string of the molecule is Cc1cc(Oc2ccccn2)cc(Oc2ccc3c4ccc(Oc5cc(Oc6ccccn6)cc(C)c5-c5ccc(C(C)C)cc5)cc4n(-c4ncncn4)c3c2)c1-c1ccc(C(C)C)cc1. The molecule has 330 valence electrons. The molecule has 67 heavy (non-hydrogen) atoms. The van der Waals surface area contributed by atoms with Crippen molar-refractivity contribution in [3.63, 3.8) is 0 Å². The van der Waals surface area contributed by atoms with Gasteiger partial charge in [0.25, 0.3) is 0 Å². The summed E-state index contributed by atoms with van der Waals surface area (Å²) in [5.41, 5.74) is 10.2. The van der Waals surface area contributed by atoms with E-state index in [9.17, 15) is 0 Å².